The fraction of sp³-hybridized carbons (Fsp3) is 0.308. The fourth-order valence-electron chi connectivity index (χ4n) is 1.59. The van der Waals surface area contributed by atoms with Crippen LogP contribution in [-0.2, 0) is 13.0 Å². The van der Waals surface area contributed by atoms with E-state index in [1.54, 1.807) is 6.20 Å². The minimum Gasteiger partial charge on any atom is -0.397 e. The Morgan fingerprint density at radius 3 is 2.82 bits per heavy atom. The number of nitrogens with zero attached hydrogens (tertiary/aromatic N) is 1. The fourth-order valence-corrected chi connectivity index (χ4v) is 2.45. The normalized spacial score (nSPS) is 10.6. The number of thiophene rings is 1. The van der Waals surface area contributed by atoms with Crippen molar-refractivity contribution in [2.24, 2.45) is 0 Å². The van der Waals surface area contributed by atoms with Crippen LogP contribution in [-0.4, -0.2) is 11.5 Å². The summed E-state index contributed by atoms with van der Waals surface area (Å²) < 4.78 is 0. The standard InChI is InChI=1S/C13H17N3S/c1-10-2-5-13(17-10)9-15-7-6-12-4-3-11(14)8-16-12/h2-5,8,15H,6-7,9,14H2,1H3. The number of pyridine rings is 1. The van der Waals surface area contributed by atoms with E-state index in [4.69, 9.17) is 5.73 Å². The Morgan fingerprint density at radius 1 is 1.29 bits per heavy atom. The number of anilines is 1. The van der Waals surface area contributed by atoms with Gasteiger partial charge in [-0.2, -0.15) is 0 Å². The molecular weight excluding hydrogens is 230 g/mol. The number of rotatable bonds is 5. The zero-order valence-corrected chi connectivity index (χ0v) is 10.8. The van der Waals surface area contributed by atoms with Crippen LogP contribution in [0.3, 0.4) is 0 Å². The van der Waals surface area contributed by atoms with Gasteiger partial charge in [-0.3, -0.25) is 4.98 Å². The van der Waals surface area contributed by atoms with Gasteiger partial charge in [-0.25, -0.2) is 0 Å². The lowest BCUT2D eigenvalue weighted by Crippen LogP contribution is -2.16. The molecule has 2 rings (SSSR count). The average molecular weight is 247 g/mol. The summed E-state index contributed by atoms with van der Waals surface area (Å²) in [5, 5.41) is 3.42. The molecule has 0 saturated heterocycles. The Morgan fingerprint density at radius 2 is 2.18 bits per heavy atom. The molecule has 0 amide bonds. The van der Waals surface area contributed by atoms with Crippen LogP contribution >= 0.6 is 11.3 Å². The van der Waals surface area contributed by atoms with Crippen molar-refractivity contribution in [3.63, 3.8) is 0 Å². The van der Waals surface area contributed by atoms with E-state index < -0.39 is 0 Å². The Labute approximate surface area is 106 Å². The molecule has 0 aliphatic heterocycles. The molecular formula is C13H17N3S. The van der Waals surface area contributed by atoms with Gasteiger partial charge in [-0.05, 0) is 31.2 Å². The summed E-state index contributed by atoms with van der Waals surface area (Å²) in [6.07, 6.45) is 2.64. The maximum atomic E-state index is 5.58. The first-order valence-corrected chi connectivity index (χ1v) is 6.52. The lowest BCUT2D eigenvalue weighted by atomic mass is 10.2. The minimum atomic E-state index is 0.718. The highest BCUT2D eigenvalue weighted by molar-refractivity contribution is 7.11. The maximum Gasteiger partial charge on any atom is 0.0501 e. The van der Waals surface area contributed by atoms with Crippen LogP contribution < -0.4 is 11.1 Å². The van der Waals surface area contributed by atoms with Crippen molar-refractivity contribution in [3.8, 4) is 0 Å². The number of nitrogen functional groups attached to an aromatic ring is 1. The molecule has 3 nitrogen and oxygen atoms in total. The van der Waals surface area contributed by atoms with Gasteiger partial charge in [0, 0.05) is 35.0 Å². The first kappa shape index (κ1) is 12.1. The molecule has 0 aliphatic rings. The number of aromatic nitrogens is 1. The SMILES string of the molecule is Cc1ccc(CNCCc2ccc(N)cn2)s1. The summed E-state index contributed by atoms with van der Waals surface area (Å²) >= 11 is 1.84. The summed E-state index contributed by atoms with van der Waals surface area (Å²) in [5.41, 5.74) is 7.38. The van der Waals surface area contributed by atoms with Crippen LogP contribution in [0, 0.1) is 6.92 Å². The van der Waals surface area contributed by atoms with Crippen molar-refractivity contribution in [3.05, 3.63) is 45.9 Å². The Bertz CT molecular complexity index is 462. The molecule has 0 radical (unpaired) electrons. The first-order chi connectivity index (χ1) is 8.24. The molecule has 2 aromatic rings. The highest BCUT2D eigenvalue weighted by atomic mass is 32.1. The van der Waals surface area contributed by atoms with Gasteiger partial charge in [-0.1, -0.05) is 0 Å². The molecule has 0 atom stereocenters. The van der Waals surface area contributed by atoms with Gasteiger partial charge >= 0.3 is 0 Å². The van der Waals surface area contributed by atoms with E-state index in [0.29, 0.717) is 0 Å². The smallest absolute Gasteiger partial charge is 0.0501 e. The first-order valence-electron chi connectivity index (χ1n) is 5.70. The van der Waals surface area contributed by atoms with Crippen LogP contribution in [0.5, 0.6) is 0 Å². The molecule has 0 bridgehead atoms. The van der Waals surface area contributed by atoms with E-state index in [0.717, 1.165) is 30.9 Å². The molecule has 90 valence electrons. The zero-order valence-electron chi connectivity index (χ0n) is 9.94. The number of aryl methyl sites for hydroxylation is 1. The van der Waals surface area contributed by atoms with E-state index in [1.807, 2.05) is 23.5 Å². The molecule has 3 N–H and O–H groups in total. The summed E-state index contributed by atoms with van der Waals surface area (Å²) in [5.74, 6) is 0. The van der Waals surface area contributed by atoms with Gasteiger partial charge in [0.05, 0.1) is 11.9 Å². The quantitative estimate of drug-likeness (QED) is 0.798. The van der Waals surface area contributed by atoms with E-state index >= 15 is 0 Å². The Hall–Kier alpha value is -1.39. The molecule has 2 aromatic heterocycles. The van der Waals surface area contributed by atoms with Gasteiger partial charge in [0.15, 0.2) is 0 Å². The van der Waals surface area contributed by atoms with Crippen LogP contribution in [0.25, 0.3) is 0 Å². The second kappa shape index (κ2) is 5.80. The van der Waals surface area contributed by atoms with Crippen molar-refractivity contribution in [2.75, 3.05) is 12.3 Å². The summed E-state index contributed by atoms with van der Waals surface area (Å²) in [7, 11) is 0. The van der Waals surface area contributed by atoms with E-state index in [1.165, 1.54) is 9.75 Å². The molecule has 17 heavy (non-hydrogen) atoms. The number of hydrogen-bond donors (Lipinski definition) is 2. The number of nitrogens with two attached hydrogens (primary N) is 1. The summed E-state index contributed by atoms with van der Waals surface area (Å²) in [6, 6.07) is 8.20. The predicted molar refractivity (Wildman–Crippen MR) is 73.1 cm³/mol. The summed E-state index contributed by atoms with van der Waals surface area (Å²) in [4.78, 5) is 7.01. The van der Waals surface area contributed by atoms with Crippen LogP contribution in [0.15, 0.2) is 30.5 Å². The molecule has 2 heterocycles. The monoisotopic (exact) mass is 247 g/mol. The van der Waals surface area contributed by atoms with E-state index in [9.17, 15) is 0 Å². The van der Waals surface area contributed by atoms with Gasteiger partial charge < -0.3 is 11.1 Å². The molecule has 0 unspecified atom stereocenters. The van der Waals surface area contributed by atoms with Crippen LogP contribution in [0.2, 0.25) is 0 Å². The predicted octanol–water partition coefficient (Wildman–Crippen LogP) is 2.37. The van der Waals surface area contributed by atoms with Crippen molar-refractivity contribution in [1.82, 2.24) is 10.3 Å². The minimum absolute atomic E-state index is 0.718. The van der Waals surface area contributed by atoms with Gasteiger partial charge in [-0.15, -0.1) is 11.3 Å². The largest absolute Gasteiger partial charge is 0.397 e. The lowest BCUT2D eigenvalue weighted by Gasteiger charge is -2.03. The van der Waals surface area contributed by atoms with Crippen LogP contribution in [0.4, 0.5) is 5.69 Å². The third-order valence-corrected chi connectivity index (χ3v) is 3.50. The highest BCUT2D eigenvalue weighted by Gasteiger charge is 1.97. The molecule has 4 heteroatoms. The van der Waals surface area contributed by atoms with Gasteiger partial charge in [0.25, 0.3) is 0 Å². The Kier molecular flexibility index (Phi) is 4.12. The van der Waals surface area contributed by atoms with Crippen molar-refractivity contribution in [1.29, 1.82) is 0 Å². The number of nitrogens with one attached hydrogen (secondary N) is 1. The second-order valence-electron chi connectivity index (χ2n) is 4.02. The molecule has 0 spiro atoms. The van der Waals surface area contributed by atoms with Crippen LogP contribution in [0.1, 0.15) is 15.4 Å². The lowest BCUT2D eigenvalue weighted by molar-refractivity contribution is 0.686. The average Bonchev–Trinajstić information content (AvgIpc) is 2.73. The molecule has 0 fully saturated rings. The van der Waals surface area contributed by atoms with Crippen molar-refractivity contribution < 1.29 is 0 Å². The van der Waals surface area contributed by atoms with E-state index in [2.05, 4.69) is 29.4 Å². The maximum absolute atomic E-state index is 5.58. The molecule has 0 saturated carbocycles. The van der Waals surface area contributed by atoms with Crippen molar-refractivity contribution >= 4 is 17.0 Å². The highest BCUT2D eigenvalue weighted by Crippen LogP contribution is 2.14. The zero-order chi connectivity index (χ0) is 12.1. The second-order valence-corrected chi connectivity index (χ2v) is 5.39. The Balaban J connectivity index is 1.71. The topological polar surface area (TPSA) is 50.9 Å². The molecule has 0 aromatic carbocycles. The molecule has 0 aliphatic carbocycles. The van der Waals surface area contributed by atoms with Gasteiger partial charge in [0.1, 0.15) is 0 Å². The van der Waals surface area contributed by atoms with E-state index in [-0.39, 0.29) is 0 Å². The third kappa shape index (κ3) is 3.84. The van der Waals surface area contributed by atoms with Crippen molar-refractivity contribution in [2.45, 2.75) is 19.9 Å². The summed E-state index contributed by atoms with van der Waals surface area (Å²) in [6.45, 7) is 4.01. The number of hydrogen-bond acceptors (Lipinski definition) is 4. The third-order valence-electron chi connectivity index (χ3n) is 2.50. The van der Waals surface area contributed by atoms with Gasteiger partial charge in [0.2, 0.25) is 0 Å².